The van der Waals surface area contributed by atoms with Crippen LogP contribution in [0.2, 0.25) is 0 Å². The van der Waals surface area contributed by atoms with Crippen molar-refractivity contribution < 1.29 is 28.4 Å². The van der Waals surface area contributed by atoms with Crippen LogP contribution in [0.25, 0.3) is 0 Å². The van der Waals surface area contributed by atoms with E-state index < -0.39 is 25.2 Å². The molecule has 1 amide bonds. The Bertz CT molecular complexity index is 413. The standard InChI is InChI=1S/C15H32NO6P/c1-11(2)9-12(3)7-8-16-14(18)13(17)15(4,5)10-22-23(19,20)21-6/h11-13,17H,7-10H2,1-6H3,(H,16,18)(H,19,20). The van der Waals surface area contributed by atoms with Crippen molar-refractivity contribution in [2.75, 3.05) is 20.3 Å². The molecule has 138 valence electrons. The number of amides is 1. The molecule has 3 unspecified atom stereocenters. The third-order valence-electron chi connectivity index (χ3n) is 3.63. The Hall–Kier alpha value is -0.460. The Kier molecular flexibility index (Phi) is 9.55. The summed E-state index contributed by atoms with van der Waals surface area (Å²) in [6.07, 6.45) is 0.573. The summed E-state index contributed by atoms with van der Waals surface area (Å²) in [6, 6.07) is 0. The molecule has 0 aliphatic rings. The summed E-state index contributed by atoms with van der Waals surface area (Å²) in [7, 11) is -3.08. The zero-order valence-electron chi connectivity index (χ0n) is 15.0. The Morgan fingerprint density at radius 2 is 1.87 bits per heavy atom. The molecule has 0 bridgehead atoms. The van der Waals surface area contributed by atoms with Crippen molar-refractivity contribution in [1.29, 1.82) is 0 Å². The molecule has 7 nitrogen and oxygen atoms in total. The number of hydrogen-bond donors (Lipinski definition) is 3. The summed E-state index contributed by atoms with van der Waals surface area (Å²) in [4.78, 5) is 21.2. The summed E-state index contributed by atoms with van der Waals surface area (Å²) < 4.78 is 20.3. The quantitative estimate of drug-likeness (QED) is 0.492. The molecule has 3 N–H and O–H groups in total. The molecular formula is C15H32NO6P. The fraction of sp³-hybridized carbons (Fsp3) is 0.933. The number of nitrogens with one attached hydrogen (secondary N) is 1. The van der Waals surface area contributed by atoms with Crippen LogP contribution >= 0.6 is 7.82 Å². The van der Waals surface area contributed by atoms with Gasteiger partial charge >= 0.3 is 7.82 Å². The topological polar surface area (TPSA) is 105 Å². The minimum absolute atomic E-state index is 0.285. The van der Waals surface area contributed by atoms with Crippen LogP contribution in [0, 0.1) is 17.3 Å². The van der Waals surface area contributed by atoms with Crippen molar-refractivity contribution in [1.82, 2.24) is 5.32 Å². The SMILES string of the molecule is COP(=O)(O)OCC(C)(C)C(O)C(=O)NCCC(C)CC(C)C. The second-order valence-electron chi connectivity index (χ2n) is 7.13. The predicted octanol–water partition coefficient (Wildman–Crippen LogP) is 2.33. The van der Waals surface area contributed by atoms with Crippen LogP contribution in [0.3, 0.4) is 0 Å². The molecule has 0 heterocycles. The van der Waals surface area contributed by atoms with Gasteiger partial charge in [0.25, 0.3) is 0 Å². The van der Waals surface area contributed by atoms with E-state index in [0.29, 0.717) is 18.4 Å². The van der Waals surface area contributed by atoms with Gasteiger partial charge in [0.05, 0.1) is 6.61 Å². The van der Waals surface area contributed by atoms with Crippen molar-refractivity contribution in [2.24, 2.45) is 17.3 Å². The van der Waals surface area contributed by atoms with Crippen molar-refractivity contribution in [3.63, 3.8) is 0 Å². The monoisotopic (exact) mass is 353 g/mol. The Morgan fingerprint density at radius 1 is 1.30 bits per heavy atom. The highest BCUT2D eigenvalue weighted by Gasteiger charge is 2.36. The number of aliphatic hydroxyl groups excluding tert-OH is 1. The maximum absolute atomic E-state index is 12.0. The minimum Gasteiger partial charge on any atom is -0.383 e. The maximum atomic E-state index is 12.0. The lowest BCUT2D eigenvalue weighted by molar-refractivity contribution is -0.137. The molecule has 0 aliphatic carbocycles. The second-order valence-corrected chi connectivity index (χ2v) is 8.69. The Morgan fingerprint density at radius 3 is 2.35 bits per heavy atom. The predicted molar refractivity (Wildman–Crippen MR) is 88.8 cm³/mol. The molecule has 0 aromatic rings. The summed E-state index contributed by atoms with van der Waals surface area (Å²) in [5, 5.41) is 12.8. The van der Waals surface area contributed by atoms with Crippen LogP contribution in [0.15, 0.2) is 0 Å². The zero-order chi connectivity index (χ0) is 18.3. The molecule has 8 heteroatoms. The van der Waals surface area contributed by atoms with E-state index >= 15 is 0 Å². The first-order chi connectivity index (χ1) is 10.4. The van der Waals surface area contributed by atoms with Crippen LogP contribution < -0.4 is 5.32 Å². The van der Waals surface area contributed by atoms with Gasteiger partial charge in [0.1, 0.15) is 6.10 Å². The molecule has 23 heavy (non-hydrogen) atoms. The van der Waals surface area contributed by atoms with Crippen LogP contribution in [0.1, 0.15) is 47.5 Å². The highest BCUT2D eigenvalue weighted by atomic mass is 31.2. The van der Waals surface area contributed by atoms with Gasteiger partial charge in [-0.2, -0.15) is 0 Å². The molecule has 0 saturated heterocycles. The summed E-state index contributed by atoms with van der Waals surface area (Å²) >= 11 is 0. The number of phosphoric ester groups is 1. The zero-order valence-corrected chi connectivity index (χ0v) is 15.9. The first-order valence-corrected chi connectivity index (χ1v) is 9.39. The molecule has 0 fully saturated rings. The van der Waals surface area contributed by atoms with E-state index in [-0.39, 0.29) is 6.61 Å². The van der Waals surface area contributed by atoms with E-state index in [9.17, 15) is 19.4 Å². The largest absolute Gasteiger partial charge is 0.471 e. The number of rotatable bonds is 11. The Labute approximate surface area is 139 Å². The third kappa shape index (κ3) is 9.42. The van der Waals surface area contributed by atoms with Gasteiger partial charge in [-0.25, -0.2) is 4.57 Å². The average molecular weight is 353 g/mol. The molecule has 0 saturated carbocycles. The maximum Gasteiger partial charge on any atom is 0.471 e. The van der Waals surface area contributed by atoms with E-state index in [1.807, 2.05) is 0 Å². The number of carbonyl (C=O) groups is 1. The molecule has 0 rings (SSSR count). The van der Waals surface area contributed by atoms with E-state index in [0.717, 1.165) is 20.0 Å². The summed E-state index contributed by atoms with van der Waals surface area (Å²) in [5.74, 6) is 0.587. The number of carbonyl (C=O) groups excluding carboxylic acids is 1. The summed E-state index contributed by atoms with van der Waals surface area (Å²) in [6.45, 7) is 9.79. The molecule has 0 radical (unpaired) electrons. The van der Waals surface area contributed by atoms with E-state index in [1.165, 1.54) is 0 Å². The van der Waals surface area contributed by atoms with Crippen molar-refractivity contribution in [2.45, 2.75) is 53.6 Å². The molecule has 0 aromatic heterocycles. The highest BCUT2D eigenvalue weighted by molar-refractivity contribution is 7.47. The van der Waals surface area contributed by atoms with Gasteiger partial charge in [0, 0.05) is 19.1 Å². The number of hydrogen-bond acceptors (Lipinski definition) is 5. The first-order valence-electron chi connectivity index (χ1n) is 7.90. The van der Waals surface area contributed by atoms with Gasteiger partial charge in [-0.1, -0.05) is 34.6 Å². The van der Waals surface area contributed by atoms with Gasteiger partial charge in [0.15, 0.2) is 0 Å². The van der Waals surface area contributed by atoms with Gasteiger partial charge in [-0.15, -0.1) is 0 Å². The van der Waals surface area contributed by atoms with Crippen LogP contribution in [-0.2, 0) is 18.4 Å². The molecule has 0 spiro atoms. The third-order valence-corrected chi connectivity index (χ3v) is 4.55. The van der Waals surface area contributed by atoms with Crippen molar-refractivity contribution in [3.8, 4) is 0 Å². The van der Waals surface area contributed by atoms with Crippen molar-refractivity contribution in [3.05, 3.63) is 0 Å². The number of aliphatic hydroxyl groups is 1. The Balaban J connectivity index is 4.33. The smallest absolute Gasteiger partial charge is 0.383 e. The van der Waals surface area contributed by atoms with Gasteiger partial charge < -0.3 is 15.3 Å². The lowest BCUT2D eigenvalue weighted by Gasteiger charge is -2.29. The van der Waals surface area contributed by atoms with Crippen molar-refractivity contribution >= 4 is 13.7 Å². The van der Waals surface area contributed by atoms with E-state index in [2.05, 4.69) is 30.6 Å². The molecular weight excluding hydrogens is 321 g/mol. The first kappa shape index (κ1) is 22.5. The normalized spacial score (nSPS) is 17.6. The highest BCUT2D eigenvalue weighted by Crippen LogP contribution is 2.43. The number of phosphoric acid groups is 1. The van der Waals surface area contributed by atoms with E-state index in [4.69, 9.17) is 4.52 Å². The van der Waals surface area contributed by atoms with Crippen LogP contribution in [-0.4, -0.2) is 42.3 Å². The van der Waals surface area contributed by atoms with Crippen LogP contribution in [0.5, 0.6) is 0 Å². The van der Waals surface area contributed by atoms with E-state index in [1.54, 1.807) is 13.8 Å². The molecule has 0 aromatic carbocycles. The fourth-order valence-corrected chi connectivity index (χ4v) is 2.80. The fourth-order valence-electron chi connectivity index (χ4n) is 2.20. The average Bonchev–Trinajstić information content (AvgIpc) is 2.43. The van der Waals surface area contributed by atoms with Gasteiger partial charge in [-0.05, 0) is 24.7 Å². The van der Waals surface area contributed by atoms with Gasteiger partial charge in [0.2, 0.25) is 5.91 Å². The molecule has 0 aliphatic heterocycles. The lowest BCUT2D eigenvalue weighted by Crippen LogP contribution is -2.46. The summed E-state index contributed by atoms with van der Waals surface area (Å²) in [5.41, 5.74) is -1.02. The minimum atomic E-state index is -4.13. The van der Waals surface area contributed by atoms with Gasteiger partial charge in [-0.3, -0.25) is 13.8 Å². The van der Waals surface area contributed by atoms with Crippen LogP contribution in [0.4, 0.5) is 0 Å². The molecule has 3 atom stereocenters. The lowest BCUT2D eigenvalue weighted by atomic mass is 9.87. The second kappa shape index (κ2) is 9.74.